The van der Waals surface area contributed by atoms with Gasteiger partial charge in [0.15, 0.2) is 0 Å². The summed E-state index contributed by atoms with van der Waals surface area (Å²) in [5, 5.41) is 16.0. The fourth-order valence-electron chi connectivity index (χ4n) is 2.12. The number of rotatable bonds is 6. The molecule has 1 aromatic carbocycles. The van der Waals surface area contributed by atoms with Gasteiger partial charge in [-0.1, -0.05) is 32.9 Å². The molecular weight excluding hydrogens is 299 g/mol. The molecule has 1 atom stereocenters. The minimum absolute atomic E-state index is 0.0381. The third kappa shape index (κ3) is 3.73. The number of aliphatic hydroxyl groups excluding tert-OH is 1. The lowest BCUT2D eigenvalue weighted by Crippen LogP contribution is -2.37. The molecule has 2 rings (SSSR count). The van der Waals surface area contributed by atoms with Gasteiger partial charge in [-0.3, -0.25) is 4.79 Å². The largest absolute Gasteiger partial charge is 0.394 e. The first kappa shape index (κ1) is 17.1. The van der Waals surface area contributed by atoms with Crippen LogP contribution in [0.25, 0.3) is 5.69 Å². The fraction of sp³-hybridized carbons (Fsp3) is 0.438. The molecule has 1 heterocycles. The summed E-state index contributed by atoms with van der Waals surface area (Å²) in [6.07, 6.45) is 0.591. The molecule has 2 N–H and O–H groups in total. The molecule has 0 spiro atoms. The van der Waals surface area contributed by atoms with Crippen LogP contribution in [0.4, 0.5) is 4.39 Å². The molecule has 124 valence electrons. The predicted molar refractivity (Wildman–Crippen MR) is 84.0 cm³/mol. The van der Waals surface area contributed by atoms with Crippen LogP contribution in [0.15, 0.2) is 24.3 Å². The molecule has 1 amide bonds. The number of hydrogen-bond donors (Lipinski definition) is 2. The molecule has 0 aliphatic heterocycles. The Balaban J connectivity index is 2.40. The molecule has 0 aliphatic rings. The molecule has 0 bridgehead atoms. The average molecular weight is 320 g/mol. The number of benzene rings is 1. The van der Waals surface area contributed by atoms with Gasteiger partial charge in [0.1, 0.15) is 17.3 Å². The van der Waals surface area contributed by atoms with Crippen molar-refractivity contribution in [2.45, 2.75) is 39.2 Å². The molecule has 6 nitrogen and oxygen atoms in total. The predicted octanol–water partition coefficient (Wildman–Crippen LogP) is 2.03. The van der Waals surface area contributed by atoms with E-state index in [0.717, 1.165) is 0 Å². The van der Waals surface area contributed by atoms with Crippen molar-refractivity contribution in [3.05, 3.63) is 41.7 Å². The number of halogens is 1. The number of para-hydroxylation sites is 1. The summed E-state index contributed by atoms with van der Waals surface area (Å²) < 4.78 is 15.4. The fourth-order valence-corrected chi connectivity index (χ4v) is 2.12. The highest BCUT2D eigenvalue weighted by molar-refractivity contribution is 5.90. The molecule has 1 aromatic heterocycles. The lowest BCUT2D eigenvalue weighted by atomic mass is 10.2. The van der Waals surface area contributed by atoms with Crippen molar-refractivity contribution in [2.24, 2.45) is 0 Å². The molecule has 0 aliphatic carbocycles. The second-order valence-electron chi connectivity index (χ2n) is 5.57. The van der Waals surface area contributed by atoms with Crippen LogP contribution in [0.2, 0.25) is 0 Å². The van der Waals surface area contributed by atoms with Gasteiger partial charge in [0.2, 0.25) is 5.82 Å². The first-order valence-corrected chi connectivity index (χ1v) is 7.61. The van der Waals surface area contributed by atoms with Gasteiger partial charge < -0.3 is 10.4 Å². The average Bonchev–Trinajstić information content (AvgIpc) is 2.98. The Kier molecular flexibility index (Phi) is 5.44. The summed E-state index contributed by atoms with van der Waals surface area (Å²) in [5.74, 6) is -0.499. The molecule has 1 unspecified atom stereocenters. The monoisotopic (exact) mass is 320 g/mol. The number of aliphatic hydroxyl groups is 1. The number of aromatic nitrogens is 3. The van der Waals surface area contributed by atoms with E-state index in [1.807, 2.05) is 20.8 Å². The van der Waals surface area contributed by atoms with Crippen LogP contribution in [-0.4, -0.2) is 38.4 Å². The minimum atomic E-state index is -0.483. The van der Waals surface area contributed by atoms with Crippen molar-refractivity contribution in [1.29, 1.82) is 0 Å². The van der Waals surface area contributed by atoms with Gasteiger partial charge in [0.05, 0.1) is 12.6 Å². The Bertz CT molecular complexity index is 680. The first-order chi connectivity index (χ1) is 11.0. The summed E-state index contributed by atoms with van der Waals surface area (Å²) in [7, 11) is 0. The van der Waals surface area contributed by atoms with Crippen LogP contribution in [0.3, 0.4) is 0 Å². The zero-order chi connectivity index (χ0) is 17.0. The maximum atomic E-state index is 14.0. The third-order valence-corrected chi connectivity index (χ3v) is 3.48. The molecule has 0 saturated heterocycles. The topological polar surface area (TPSA) is 80.0 Å². The van der Waals surface area contributed by atoms with E-state index >= 15 is 0 Å². The van der Waals surface area contributed by atoms with Crippen LogP contribution in [-0.2, 0) is 0 Å². The quantitative estimate of drug-likeness (QED) is 0.853. The Labute approximate surface area is 134 Å². The van der Waals surface area contributed by atoms with Crippen molar-refractivity contribution in [3.63, 3.8) is 0 Å². The van der Waals surface area contributed by atoms with E-state index in [1.54, 1.807) is 18.2 Å². The molecule has 2 aromatic rings. The summed E-state index contributed by atoms with van der Waals surface area (Å²) >= 11 is 0. The second-order valence-corrected chi connectivity index (χ2v) is 5.57. The number of carbonyl (C=O) groups excluding carboxylic acids is 1. The second kappa shape index (κ2) is 7.32. The van der Waals surface area contributed by atoms with Gasteiger partial charge in [-0.25, -0.2) is 14.1 Å². The highest BCUT2D eigenvalue weighted by atomic mass is 19.1. The van der Waals surface area contributed by atoms with Gasteiger partial charge in [-0.05, 0) is 18.6 Å². The first-order valence-electron chi connectivity index (χ1n) is 7.61. The van der Waals surface area contributed by atoms with Crippen molar-refractivity contribution >= 4 is 5.91 Å². The van der Waals surface area contributed by atoms with Crippen LogP contribution in [0.1, 0.15) is 49.6 Å². The van der Waals surface area contributed by atoms with Crippen molar-refractivity contribution in [3.8, 4) is 5.69 Å². The third-order valence-electron chi connectivity index (χ3n) is 3.48. The van der Waals surface area contributed by atoms with Gasteiger partial charge in [0, 0.05) is 5.92 Å². The minimum Gasteiger partial charge on any atom is -0.394 e. The smallest absolute Gasteiger partial charge is 0.291 e. The Morgan fingerprint density at radius 2 is 2.09 bits per heavy atom. The molecule has 7 heteroatoms. The maximum absolute atomic E-state index is 14.0. The number of nitrogens with zero attached hydrogens (tertiary/aromatic N) is 3. The Morgan fingerprint density at radius 3 is 2.65 bits per heavy atom. The van der Waals surface area contributed by atoms with E-state index in [9.17, 15) is 14.3 Å². The van der Waals surface area contributed by atoms with Crippen LogP contribution < -0.4 is 5.32 Å². The van der Waals surface area contributed by atoms with Crippen molar-refractivity contribution in [1.82, 2.24) is 20.1 Å². The van der Waals surface area contributed by atoms with Gasteiger partial charge in [0.25, 0.3) is 5.91 Å². The van der Waals surface area contributed by atoms with E-state index in [4.69, 9.17) is 0 Å². The van der Waals surface area contributed by atoms with Crippen LogP contribution >= 0.6 is 0 Å². The number of carbonyl (C=O) groups is 1. The maximum Gasteiger partial charge on any atom is 0.291 e. The Morgan fingerprint density at radius 1 is 1.39 bits per heavy atom. The van der Waals surface area contributed by atoms with Crippen molar-refractivity contribution in [2.75, 3.05) is 6.61 Å². The lowest BCUT2D eigenvalue weighted by Gasteiger charge is -2.11. The molecular formula is C16H21FN4O2. The van der Waals surface area contributed by atoms with E-state index in [1.165, 1.54) is 10.7 Å². The van der Waals surface area contributed by atoms with E-state index in [-0.39, 0.29) is 30.1 Å². The zero-order valence-electron chi connectivity index (χ0n) is 13.5. The number of hydrogen-bond acceptors (Lipinski definition) is 4. The van der Waals surface area contributed by atoms with Crippen LogP contribution in [0, 0.1) is 5.82 Å². The lowest BCUT2D eigenvalue weighted by molar-refractivity contribution is 0.0904. The number of amides is 1. The SMILES string of the molecule is CCC(CO)NC(=O)c1nc(C(C)C)n(-c2ccccc2F)n1. The van der Waals surface area contributed by atoms with Gasteiger partial charge in [-0.15, -0.1) is 5.10 Å². The summed E-state index contributed by atoms with van der Waals surface area (Å²) in [6, 6.07) is 5.85. The highest BCUT2D eigenvalue weighted by Gasteiger charge is 2.22. The molecule has 0 fully saturated rings. The van der Waals surface area contributed by atoms with Gasteiger partial charge in [-0.2, -0.15) is 0 Å². The highest BCUT2D eigenvalue weighted by Crippen LogP contribution is 2.19. The van der Waals surface area contributed by atoms with Crippen LogP contribution in [0.5, 0.6) is 0 Å². The zero-order valence-corrected chi connectivity index (χ0v) is 13.5. The van der Waals surface area contributed by atoms with Crippen molar-refractivity contribution < 1.29 is 14.3 Å². The van der Waals surface area contributed by atoms with Gasteiger partial charge >= 0.3 is 0 Å². The normalized spacial score (nSPS) is 12.4. The standard InChI is InChI=1S/C16H21FN4O2/c1-4-11(9-22)18-16(23)14-19-15(10(2)3)21(20-14)13-8-6-5-7-12(13)17/h5-8,10-11,22H,4,9H2,1-3H3,(H,18,23). The molecule has 0 saturated carbocycles. The summed E-state index contributed by atoms with van der Waals surface area (Å²) in [6.45, 7) is 5.48. The molecule has 23 heavy (non-hydrogen) atoms. The summed E-state index contributed by atoms with van der Waals surface area (Å²) in [5.41, 5.74) is 0.247. The Hall–Kier alpha value is -2.28. The molecule has 0 radical (unpaired) electrons. The number of nitrogens with one attached hydrogen (secondary N) is 1. The van der Waals surface area contributed by atoms with E-state index in [0.29, 0.717) is 12.2 Å². The summed E-state index contributed by atoms with van der Waals surface area (Å²) in [4.78, 5) is 16.5. The van der Waals surface area contributed by atoms with E-state index < -0.39 is 11.7 Å². The van der Waals surface area contributed by atoms with E-state index in [2.05, 4.69) is 15.4 Å².